The smallest absolute Gasteiger partial charge is 0.0218 e. The van der Waals surface area contributed by atoms with E-state index in [-0.39, 0.29) is 0 Å². The van der Waals surface area contributed by atoms with Crippen LogP contribution in [0, 0.1) is 11.8 Å². The summed E-state index contributed by atoms with van der Waals surface area (Å²) < 4.78 is 0. The summed E-state index contributed by atoms with van der Waals surface area (Å²) in [6.07, 6.45) is 2.47. The van der Waals surface area contributed by atoms with E-state index in [1.165, 1.54) is 25.9 Å². The second kappa shape index (κ2) is 9.90. The maximum Gasteiger partial charge on any atom is 0.0218 e. The highest BCUT2D eigenvalue weighted by atomic mass is 15.2. The van der Waals surface area contributed by atoms with Gasteiger partial charge in [-0.05, 0) is 31.2 Å². The molecule has 0 aromatic heterocycles. The zero-order chi connectivity index (χ0) is 13.3. The predicted molar refractivity (Wildman–Crippen MR) is 78.5 cm³/mol. The summed E-state index contributed by atoms with van der Waals surface area (Å²) in [5.41, 5.74) is 0. The SMILES string of the molecule is CCCNCC(CC)N(CC(C)C)CC(C)C. The first kappa shape index (κ1) is 16.9. The van der Waals surface area contributed by atoms with Crippen molar-refractivity contribution < 1.29 is 0 Å². The average molecular weight is 242 g/mol. The molecule has 0 aliphatic rings. The van der Waals surface area contributed by atoms with Crippen LogP contribution in [0.1, 0.15) is 54.4 Å². The minimum Gasteiger partial charge on any atom is -0.315 e. The second-order valence-electron chi connectivity index (χ2n) is 6.01. The zero-order valence-electron chi connectivity index (χ0n) is 12.9. The molecule has 0 bridgehead atoms. The molecule has 2 nitrogen and oxygen atoms in total. The molecule has 104 valence electrons. The Morgan fingerprint density at radius 3 is 1.82 bits per heavy atom. The first-order valence-electron chi connectivity index (χ1n) is 7.45. The Kier molecular flexibility index (Phi) is 9.85. The fourth-order valence-corrected chi connectivity index (χ4v) is 2.29. The Morgan fingerprint density at radius 1 is 0.941 bits per heavy atom. The molecule has 0 saturated carbocycles. The number of nitrogens with one attached hydrogen (secondary N) is 1. The quantitative estimate of drug-likeness (QED) is 0.591. The van der Waals surface area contributed by atoms with Crippen LogP contribution in [-0.4, -0.2) is 37.1 Å². The number of hydrogen-bond acceptors (Lipinski definition) is 2. The fourth-order valence-electron chi connectivity index (χ4n) is 2.29. The lowest BCUT2D eigenvalue weighted by Gasteiger charge is -2.34. The van der Waals surface area contributed by atoms with Crippen LogP contribution in [0.15, 0.2) is 0 Å². The van der Waals surface area contributed by atoms with Gasteiger partial charge in [-0.25, -0.2) is 0 Å². The largest absolute Gasteiger partial charge is 0.315 e. The van der Waals surface area contributed by atoms with Crippen LogP contribution in [0.2, 0.25) is 0 Å². The Hall–Kier alpha value is -0.0800. The van der Waals surface area contributed by atoms with E-state index in [4.69, 9.17) is 0 Å². The summed E-state index contributed by atoms with van der Waals surface area (Å²) in [5.74, 6) is 1.52. The van der Waals surface area contributed by atoms with Crippen molar-refractivity contribution in [3.63, 3.8) is 0 Å². The molecule has 1 unspecified atom stereocenters. The molecule has 0 spiro atoms. The zero-order valence-corrected chi connectivity index (χ0v) is 12.9. The Balaban J connectivity index is 4.27. The molecular weight excluding hydrogens is 208 g/mol. The van der Waals surface area contributed by atoms with Gasteiger partial charge in [-0.3, -0.25) is 4.90 Å². The van der Waals surface area contributed by atoms with E-state index in [1.54, 1.807) is 0 Å². The summed E-state index contributed by atoms with van der Waals surface area (Å²) in [6, 6.07) is 0.700. The Bertz CT molecular complexity index is 156. The van der Waals surface area contributed by atoms with Crippen molar-refractivity contribution >= 4 is 0 Å². The standard InChI is InChI=1S/C15H34N2/c1-7-9-16-10-15(8-2)17(11-13(3)4)12-14(5)6/h13-16H,7-12H2,1-6H3. The molecule has 0 fully saturated rings. The van der Waals surface area contributed by atoms with Gasteiger partial charge < -0.3 is 5.32 Å². The molecule has 1 N–H and O–H groups in total. The van der Waals surface area contributed by atoms with Crippen LogP contribution in [0.4, 0.5) is 0 Å². The monoisotopic (exact) mass is 242 g/mol. The summed E-state index contributed by atoms with van der Waals surface area (Å²) in [4.78, 5) is 2.68. The minimum atomic E-state index is 0.700. The van der Waals surface area contributed by atoms with Crippen LogP contribution in [0.25, 0.3) is 0 Å². The van der Waals surface area contributed by atoms with Gasteiger partial charge in [0.1, 0.15) is 0 Å². The molecule has 2 heteroatoms. The van der Waals surface area contributed by atoms with Crippen LogP contribution in [0.3, 0.4) is 0 Å². The molecule has 0 saturated heterocycles. The van der Waals surface area contributed by atoms with Gasteiger partial charge in [0, 0.05) is 25.7 Å². The fraction of sp³-hybridized carbons (Fsp3) is 1.00. The molecule has 0 aromatic carbocycles. The van der Waals surface area contributed by atoms with Crippen molar-refractivity contribution in [2.45, 2.75) is 60.4 Å². The van der Waals surface area contributed by atoms with Crippen molar-refractivity contribution in [3.05, 3.63) is 0 Å². The van der Waals surface area contributed by atoms with Crippen molar-refractivity contribution in [1.29, 1.82) is 0 Å². The summed E-state index contributed by atoms with van der Waals surface area (Å²) in [7, 11) is 0. The average Bonchev–Trinajstić information content (AvgIpc) is 2.22. The van der Waals surface area contributed by atoms with Gasteiger partial charge >= 0.3 is 0 Å². The normalized spacial score (nSPS) is 13.9. The molecule has 0 amide bonds. The highest BCUT2D eigenvalue weighted by Crippen LogP contribution is 2.10. The summed E-state index contributed by atoms with van der Waals surface area (Å²) in [6.45, 7) is 18.6. The third kappa shape index (κ3) is 8.62. The molecule has 17 heavy (non-hydrogen) atoms. The lowest BCUT2D eigenvalue weighted by molar-refractivity contribution is 0.149. The first-order chi connectivity index (χ1) is 8.01. The molecular formula is C15H34N2. The maximum atomic E-state index is 3.57. The van der Waals surface area contributed by atoms with E-state index in [0.29, 0.717) is 6.04 Å². The predicted octanol–water partition coefficient (Wildman–Crippen LogP) is 3.38. The number of nitrogens with zero attached hydrogens (tertiary/aromatic N) is 1. The topological polar surface area (TPSA) is 15.3 Å². The lowest BCUT2D eigenvalue weighted by atomic mass is 10.1. The van der Waals surface area contributed by atoms with E-state index in [2.05, 4.69) is 51.8 Å². The van der Waals surface area contributed by atoms with E-state index >= 15 is 0 Å². The van der Waals surface area contributed by atoms with Crippen LogP contribution in [-0.2, 0) is 0 Å². The first-order valence-corrected chi connectivity index (χ1v) is 7.45. The van der Waals surface area contributed by atoms with E-state index in [9.17, 15) is 0 Å². The van der Waals surface area contributed by atoms with Gasteiger partial charge in [0.25, 0.3) is 0 Å². The summed E-state index contributed by atoms with van der Waals surface area (Å²) >= 11 is 0. The third-order valence-corrected chi connectivity index (χ3v) is 2.99. The molecule has 0 rings (SSSR count). The van der Waals surface area contributed by atoms with Crippen LogP contribution < -0.4 is 5.32 Å². The van der Waals surface area contributed by atoms with Gasteiger partial charge in [-0.15, -0.1) is 0 Å². The van der Waals surface area contributed by atoms with Crippen LogP contribution >= 0.6 is 0 Å². The van der Waals surface area contributed by atoms with E-state index in [0.717, 1.165) is 24.9 Å². The number of hydrogen-bond donors (Lipinski definition) is 1. The number of rotatable bonds is 10. The second-order valence-corrected chi connectivity index (χ2v) is 6.01. The summed E-state index contributed by atoms with van der Waals surface area (Å²) in [5, 5.41) is 3.57. The molecule has 0 aliphatic heterocycles. The highest BCUT2D eigenvalue weighted by molar-refractivity contribution is 4.75. The molecule has 0 aromatic rings. The Labute approximate surface area is 109 Å². The van der Waals surface area contributed by atoms with Gasteiger partial charge in [-0.1, -0.05) is 41.5 Å². The van der Waals surface area contributed by atoms with Crippen molar-refractivity contribution in [3.8, 4) is 0 Å². The van der Waals surface area contributed by atoms with E-state index < -0.39 is 0 Å². The Morgan fingerprint density at radius 2 is 1.47 bits per heavy atom. The van der Waals surface area contributed by atoms with Crippen molar-refractivity contribution in [2.24, 2.45) is 11.8 Å². The molecule has 0 radical (unpaired) electrons. The lowest BCUT2D eigenvalue weighted by Crippen LogP contribution is -2.45. The minimum absolute atomic E-state index is 0.700. The van der Waals surface area contributed by atoms with Gasteiger partial charge in [0.15, 0.2) is 0 Å². The van der Waals surface area contributed by atoms with Crippen molar-refractivity contribution in [1.82, 2.24) is 10.2 Å². The van der Waals surface area contributed by atoms with E-state index in [1.807, 2.05) is 0 Å². The van der Waals surface area contributed by atoms with Gasteiger partial charge in [-0.2, -0.15) is 0 Å². The van der Waals surface area contributed by atoms with Gasteiger partial charge in [0.05, 0.1) is 0 Å². The van der Waals surface area contributed by atoms with Crippen molar-refractivity contribution in [2.75, 3.05) is 26.2 Å². The van der Waals surface area contributed by atoms with Crippen LogP contribution in [0.5, 0.6) is 0 Å². The third-order valence-electron chi connectivity index (χ3n) is 2.99. The van der Waals surface area contributed by atoms with Gasteiger partial charge in [0.2, 0.25) is 0 Å². The molecule has 1 atom stereocenters. The highest BCUT2D eigenvalue weighted by Gasteiger charge is 2.18. The maximum absolute atomic E-state index is 3.57. The molecule has 0 heterocycles. The molecule has 0 aliphatic carbocycles.